The number of benzene rings is 2. The minimum absolute atomic E-state index is 0.000920. The first-order chi connectivity index (χ1) is 30.4. The zero-order valence-corrected chi connectivity index (χ0v) is 40.1. The number of methoxy groups -OCH3 is 1. The van der Waals surface area contributed by atoms with Crippen molar-refractivity contribution in [3.8, 4) is 34.5 Å². The van der Waals surface area contributed by atoms with Gasteiger partial charge in [0.15, 0.2) is 12.6 Å². The first-order valence-corrected chi connectivity index (χ1v) is 25.4. The first-order valence-electron chi connectivity index (χ1n) is 23.2. The van der Waals surface area contributed by atoms with Gasteiger partial charge in [0.1, 0.15) is 49.2 Å². The van der Waals surface area contributed by atoms with Gasteiger partial charge in [-0.25, -0.2) is 18.0 Å². The lowest BCUT2D eigenvalue weighted by molar-refractivity contribution is 0.00570. The van der Waals surface area contributed by atoms with Crippen LogP contribution in [-0.2, 0) is 9.47 Å². The highest BCUT2D eigenvalue weighted by atomic mass is 28.3. The fourth-order valence-corrected chi connectivity index (χ4v) is 17.0. The zero-order valence-electron chi connectivity index (χ0n) is 39.1. The van der Waals surface area contributed by atoms with Crippen LogP contribution in [0.3, 0.4) is 0 Å². The number of halogens is 3. The molecule has 4 aromatic rings. The fraction of sp³-hybridized carbons (Fsp3) is 0.600. The van der Waals surface area contributed by atoms with Crippen LogP contribution in [0.1, 0.15) is 124 Å². The number of alkyl halides is 1. The molecule has 0 N–H and O–H groups in total. The minimum atomic E-state index is -2.32. The summed E-state index contributed by atoms with van der Waals surface area (Å²) in [6.45, 7) is 20.1. The molecule has 0 unspecified atom stereocenters. The molecule has 2 aromatic carbocycles. The molecule has 4 aliphatic rings. The van der Waals surface area contributed by atoms with Crippen molar-refractivity contribution in [2.24, 2.45) is 0 Å². The van der Waals surface area contributed by atoms with Gasteiger partial charge in [0.05, 0.1) is 16.8 Å². The molecule has 0 radical (unpaired) electrons. The zero-order chi connectivity index (χ0) is 45.9. The number of aromatic nitrogens is 3. The summed E-state index contributed by atoms with van der Waals surface area (Å²) in [7, 11) is -0.808. The number of hydrogen-bond acceptors (Lipinski definition) is 9. The lowest BCUT2D eigenvalue weighted by Crippen LogP contribution is -2.48. The van der Waals surface area contributed by atoms with Gasteiger partial charge in [-0.15, -0.1) is 5.54 Å². The van der Waals surface area contributed by atoms with Gasteiger partial charge in [-0.3, -0.25) is 9.88 Å². The van der Waals surface area contributed by atoms with E-state index in [4.69, 9.17) is 33.9 Å². The van der Waals surface area contributed by atoms with Gasteiger partial charge in [-0.1, -0.05) is 53.5 Å². The molecular weight excluding hydrogens is 836 g/mol. The second-order valence-corrected chi connectivity index (χ2v) is 26.1. The molecule has 6 heterocycles. The summed E-state index contributed by atoms with van der Waals surface area (Å²) >= 11 is 0. The molecule has 4 fully saturated rings. The summed E-state index contributed by atoms with van der Waals surface area (Å²) in [5.41, 5.74) is 4.49. The van der Waals surface area contributed by atoms with Crippen LogP contribution in [0.2, 0.25) is 16.6 Å². The van der Waals surface area contributed by atoms with E-state index in [0.717, 1.165) is 32.2 Å². The Kier molecular flexibility index (Phi) is 12.8. The average Bonchev–Trinajstić information content (AvgIpc) is 3.85. The first kappa shape index (κ1) is 46.1. The molecule has 5 atom stereocenters. The Morgan fingerprint density at radius 1 is 1.00 bits per heavy atom. The molecule has 2 aromatic heterocycles. The highest BCUT2D eigenvalue weighted by molar-refractivity contribution is 6.90. The monoisotopic (exact) mass is 899 g/mol. The van der Waals surface area contributed by atoms with Gasteiger partial charge in [0, 0.05) is 60.6 Å². The third kappa shape index (κ3) is 8.45. The Bertz CT molecular complexity index is 2450. The highest BCUT2D eigenvalue weighted by Gasteiger charge is 2.50. The molecule has 1 amide bonds. The van der Waals surface area contributed by atoms with Crippen molar-refractivity contribution in [2.75, 3.05) is 33.6 Å². The van der Waals surface area contributed by atoms with Gasteiger partial charge < -0.3 is 23.8 Å². The number of piperidine rings is 1. The van der Waals surface area contributed by atoms with E-state index in [0.29, 0.717) is 75.6 Å². The van der Waals surface area contributed by atoms with E-state index in [1.165, 1.54) is 13.2 Å². The maximum atomic E-state index is 17.9. The van der Waals surface area contributed by atoms with E-state index in [1.807, 2.05) is 25.7 Å². The minimum Gasteiger partial charge on any atom is -0.468 e. The molecule has 4 saturated heterocycles. The SMILES string of the molecule is COCOc1cc(-c2ncc3c([C@@H]4C[C@H]5CC[C@@H](C4)N5C(=O)OC(C)(C)C)nc(OC[C@@]45CCCN4C[C@H](F)C5)nc3c2F)c2c(C#C[Si](C(C)C)(C(C)C)C(C)C)c(F)ccc2c1. The Hall–Kier alpha value is -4.45. The number of rotatable bonds is 11. The Morgan fingerprint density at radius 2 is 1.70 bits per heavy atom. The van der Waals surface area contributed by atoms with Crippen molar-refractivity contribution in [3.63, 3.8) is 0 Å². The summed E-state index contributed by atoms with van der Waals surface area (Å²) in [6.07, 6.45) is 5.21. The molecule has 64 heavy (non-hydrogen) atoms. The predicted molar refractivity (Wildman–Crippen MR) is 246 cm³/mol. The molecule has 0 saturated carbocycles. The summed E-state index contributed by atoms with van der Waals surface area (Å²) in [6, 6.07) is 6.31. The molecular formula is C50H64F3N5O5Si. The van der Waals surface area contributed by atoms with Crippen molar-refractivity contribution in [1.29, 1.82) is 0 Å². The van der Waals surface area contributed by atoms with E-state index in [9.17, 15) is 9.18 Å². The van der Waals surface area contributed by atoms with E-state index < -0.39 is 37.0 Å². The van der Waals surface area contributed by atoms with Crippen molar-refractivity contribution < 1.29 is 36.9 Å². The lowest BCUT2D eigenvalue weighted by Gasteiger charge is -2.39. The molecule has 14 heteroatoms. The predicted octanol–water partition coefficient (Wildman–Crippen LogP) is 11.3. The van der Waals surface area contributed by atoms with Crippen LogP contribution in [0.15, 0.2) is 30.5 Å². The Balaban J connectivity index is 1.29. The summed E-state index contributed by atoms with van der Waals surface area (Å²) in [5.74, 6) is 2.31. The quantitative estimate of drug-likeness (QED) is 0.0828. The number of hydrogen-bond donors (Lipinski definition) is 0. The van der Waals surface area contributed by atoms with Crippen molar-refractivity contribution >= 4 is 35.8 Å². The van der Waals surface area contributed by atoms with E-state index in [1.54, 1.807) is 24.4 Å². The van der Waals surface area contributed by atoms with Gasteiger partial charge >= 0.3 is 12.1 Å². The number of amides is 1. The molecule has 0 aliphatic carbocycles. The summed E-state index contributed by atoms with van der Waals surface area (Å²) in [4.78, 5) is 32.1. The van der Waals surface area contributed by atoms with E-state index in [-0.39, 0.29) is 60.3 Å². The average molecular weight is 900 g/mol. The lowest BCUT2D eigenvalue weighted by atomic mass is 9.86. The Morgan fingerprint density at radius 3 is 2.36 bits per heavy atom. The van der Waals surface area contributed by atoms with E-state index >= 15 is 8.78 Å². The highest BCUT2D eigenvalue weighted by Crippen LogP contribution is 2.47. The normalized spacial score (nSPS) is 23.7. The van der Waals surface area contributed by atoms with Gasteiger partial charge in [-0.05, 0) is 106 Å². The number of fused-ring (bicyclic) bond motifs is 5. The smallest absolute Gasteiger partial charge is 0.410 e. The number of pyridine rings is 1. The second kappa shape index (κ2) is 17.7. The van der Waals surface area contributed by atoms with Gasteiger partial charge in [0.2, 0.25) is 0 Å². The molecule has 10 nitrogen and oxygen atoms in total. The molecule has 0 spiro atoms. The standard InChI is InChI=1S/C50H64F3N5O5Si/c1-29(2)64(30(3)4,31(5)6)19-16-38-41(52)15-12-32-22-37(62-28-60-10)23-39(42(32)38)45-43(53)46-40(25-54-45)44(33-20-35-13-14-36(21-33)58(35)48(59)63-49(7,8)9)55-47(56-46)61-27-50-17-11-18-57(50)26-34(51)24-50/h12,15,22-23,25,29-31,33-36H,11,13-14,17-18,20-21,24,26-28H2,1-10H3/t33-,34-,35-,36+,50+/m1/s1. The topological polar surface area (TPSA) is 99.1 Å². The Labute approximate surface area is 377 Å². The third-order valence-corrected chi connectivity index (χ3v) is 20.8. The van der Waals surface area contributed by atoms with Crippen LogP contribution in [0.5, 0.6) is 11.8 Å². The number of carbonyl (C=O) groups excluding carboxylic acids is 1. The van der Waals surface area contributed by atoms with E-state index in [2.05, 4.69) is 57.9 Å². The maximum absolute atomic E-state index is 17.9. The van der Waals surface area contributed by atoms with Crippen LogP contribution >= 0.6 is 0 Å². The van der Waals surface area contributed by atoms with Crippen molar-refractivity contribution in [3.05, 3.63) is 53.4 Å². The largest absolute Gasteiger partial charge is 0.468 e. The van der Waals surface area contributed by atoms with Crippen LogP contribution in [0, 0.1) is 23.1 Å². The van der Waals surface area contributed by atoms with Crippen LogP contribution in [-0.4, -0.2) is 102 Å². The molecule has 4 aliphatic heterocycles. The van der Waals surface area contributed by atoms with Crippen LogP contribution in [0.4, 0.5) is 18.0 Å². The summed E-state index contributed by atoms with van der Waals surface area (Å²) in [5, 5.41) is 1.45. The van der Waals surface area contributed by atoms with Gasteiger partial charge in [-0.2, -0.15) is 9.97 Å². The maximum Gasteiger partial charge on any atom is 0.410 e. The molecule has 344 valence electrons. The molecule has 2 bridgehead atoms. The number of carbonyl (C=O) groups is 1. The third-order valence-electron chi connectivity index (χ3n) is 14.6. The molecule has 8 rings (SSSR count). The fourth-order valence-electron chi connectivity index (χ4n) is 11.8. The second-order valence-electron chi connectivity index (χ2n) is 20.6. The van der Waals surface area contributed by atoms with Gasteiger partial charge in [0.25, 0.3) is 0 Å². The van der Waals surface area contributed by atoms with Crippen LogP contribution < -0.4 is 9.47 Å². The van der Waals surface area contributed by atoms with Crippen LogP contribution in [0.25, 0.3) is 32.9 Å². The summed E-state index contributed by atoms with van der Waals surface area (Å²) < 4.78 is 72.6. The number of ether oxygens (including phenoxy) is 4. The van der Waals surface area contributed by atoms with Crippen molar-refractivity contribution in [2.45, 2.75) is 159 Å². The van der Waals surface area contributed by atoms with Crippen molar-refractivity contribution in [1.82, 2.24) is 24.8 Å². The number of nitrogens with zero attached hydrogens (tertiary/aromatic N) is 5.